The van der Waals surface area contributed by atoms with Crippen LogP contribution in [0.15, 0.2) is 48.5 Å². The summed E-state index contributed by atoms with van der Waals surface area (Å²) >= 11 is 0. The third-order valence-corrected chi connectivity index (χ3v) is 6.87. The third kappa shape index (κ3) is 7.02. The van der Waals surface area contributed by atoms with Gasteiger partial charge in [-0.3, -0.25) is 19.8 Å². The number of amidine groups is 1. The van der Waals surface area contributed by atoms with Gasteiger partial charge in [-0.25, -0.2) is 0 Å². The minimum absolute atomic E-state index is 0. The van der Waals surface area contributed by atoms with Crippen LogP contribution in [0.4, 0.5) is 0 Å². The number of likely N-dealkylation sites (tertiary alicyclic amines) is 1. The zero-order valence-electron chi connectivity index (χ0n) is 21.4. The second kappa shape index (κ2) is 13.3. The van der Waals surface area contributed by atoms with Crippen molar-refractivity contribution in [3.63, 3.8) is 0 Å². The van der Waals surface area contributed by atoms with E-state index in [2.05, 4.69) is 5.32 Å². The molecule has 0 spiro atoms. The first-order valence-electron chi connectivity index (χ1n) is 12.4. The molecule has 2 amide bonds. The highest BCUT2D eigenvalue weighted by Crippen LogP contribution is 2.29. The fraction of sp³-hybridized carbons (Fsp3) is 0.407. The number of halogens is 1. The molecule has 0 unspecified atom stereocenters. The Morgan fingerprint density at radius 1 is 1.05 bits per heavy atom. The van der Waals surface area contributed by atoms with Crippen LogP contribution in [0.3, 0.4) is 0 Å². The van der Waals surface area contributed by atoms with E-state index in [0.29, 0.717) is 30.8 Å². The Morgan fingerprint density at radius 3 is 2.24 bits per heavy atom. The van der Waals surface area contributed by atoms with Gasteiger partial charge in [0.05, 0.1) is 25.5 Å². The fourth-order valence-electron chi connectivity index (χ4n) is 4.73. The van der Waals surface area contributed by atoms with E-state index >= 15 is 0 Å². The van der Waals surface area contributed by atoms with Crippen LogP contribution in [0.1, 0.15) is 18.4 Å². The minimum atomic E-state index is -0.530. The molecule has 4 N–H and O–H groups in total. The van der Waals surface area contributed by atoms with Crippen molar-refractivity contribution in [1.29, 1.82) is 5.41 Å². The number of rotatable bonds is 9. The van der Waals surface area contributed by atoms with E-state index in [0.717, 1.165) is 24.2 Å². The van der Waals surface area contributed by atoms with Gasteiger partial charge in [0.2, 0.25) is 11.8 Å². The summed E-state index contributed by atoms with van der Waals surface area (Å²) in [7, 11) is 1.30. The summed E-state index contributed by atoms with van der Waals surface area (Å²) in [6, 6.07) is 14.7. The number of nitrogens with two attached hydrogens (primary N) is 1. The first kappa shape index (κ1) is 28.9. The fourth-order valence-corrected chi connectivity index (χ4v) is 4.73. The maximum Gasteiger partial charge on any atom is 0.306 e. The number of methoxy groups -OCH3 is 1. The van der Waals surface area contributed by atoms with E-state index in [-0.39, 0.29) is 55.7 Å². The highest BCUT2D eigenvalue weighted by molar-refractivity contribution is 5.95. The number of amides is 2. The molecule has 2 fully saturated rings. The molecule has 10 nitrogen and oxygen atoms in total. The first-order chi connectivity index (χ1) is 17.9. The topological polar surface area (TPSA) is 138 Å². The zero-order chi connectivity index (χ0) is 26.4. The average molecular weight is 544 g/mol. The smallest absolute Gasteiger partial charge is 0.306 e. The number of carbonyl (C=O) groups excluding carboxylic acids is 3. The molecular formula is C27H34ClN5O5. The van der Waals surface area contributed by atoms with Gasteiger partial charge in [0.15, 0.2) is 0 Å². The number of nitrogens with zero attached hydrogens (tertiary/aromatic N) is 2. The molecule has 2 heterocycles. The van der Waals surface area contributed by atoms with Crippen molar-refractivity contribution in [2.24, 2.45) is 11.7 Å². The number of nitrogens with one attached hydrogen (secondary N) is 2. The molecule has 4 rings (SSSR count). The highest BCUT2D eigenvalue weighted by atomic mass is 35.5. The molecular weight excluding hydrogens is 510 g/mol. The quantitative estimate of drug-likeness (QED) is 0.248. The predicted octanol–water partition coefficient (Wildman–Crippen LogP) is 1.65. The van der Waals surface area contributed by atoms with Crippen molar-refractivity contribution >= 4 is 36.0 Å². The highest BCUT2D eigenvalue weighted by Gasteiger charge is 2.42. The number of nitrogen functional groups attached to an aromatic ring is 1. The molecule has 204 valence electrons. The summed E-state index contributed by atoms with van der Waals surface area (Å²) < 4.78 is 10.8. The summed E-state index contributed by atoms with van der Waals surface area (Å²) in [5.41, 5.74) is 8.17. The molecule has 2 aromatic rings. The Labute approximate surface area is 228 Å². The molecule has 0 aromatic heterocycles. The van der Waals surface area contributed by atoms with Gasteiger partial charge in [-0.1, -0.05) is 36.4 Å². The van der Waals surface area contributed by atoms with Crippen molar-refractivity contribution in [3.05, 3.63) is 54.1 Å². The van der Waals surface area contributed by atoms with Crippen molar-refractivity contribution in [2.45, 2.75) is 18.9 Å². The van der Waals surface area contributed by atoms with Crippen LogP contribution in [0.2, 0.25) is 0 Å². The van der Waals surface area contributed by atoms with Crippen LogP contribution in [-0.4, -0.2) is 85.9 Å². The van der Waals surface area contributed by atoms with Gasteiger partial charge in [-0.15, -0.1) is 12.4 Å². The zero-order valence-corrected chi connectivity index (χ0v) is 22.2. The SMILES string of the molecule is COC(=O)C[C@@H]1C[C@@H](COc2ccc(-c3ccc(C(=N)N)cc3)cc2)N(CC(=O)N2CCNCC2)C1=O.Cl. The normalized spacial score (nSPS) is 19.0. The van der Waals surface area contributed by atoms with E-state index in [1.807, 2.05) is 36.4 Å². The lowest BCUT2D eigenvalue weighted by atomic mass is 10.0. The van der Waals surface area contributed by atoms with Crippen molar-refractivity contribution in [3.8, 4) is 16.9 Å². The van der Waals surface area contributed by atoms with E-state index in [1.165, 1.54) is 7.11 Å². The first-order valence-corrected chi connectivity index (χ1v) is 12.4. The van der Waals surface area contributed by atoms with Crippen molar-refractivity contribution < 1.29 is 23.9 Å². The molecule has 11 heteroatoms. The number of hydrogen-bond donors (Lipinski definition) is 3. The van der Waals surface area contributed by atoms with E-state index in [4.69, 9.17) is 20.6 Å². The molecule has 2 aliphatic heterocycles. The second-order valence-electron chi connectivity index (χ2n) is 9.29. The lowest BCUT2D eigenvalue weighted by Gasteiger charge is -2.31. The van der Waals surface area contributed by atoms with Crippen LogP contribution in [0.5, 0.6) is 5.75 Å². The number of ether oxygens (including phenoxy) is 2. The molecule has 38 heavy (non-hydrogen) atoms. The lowest BCUT2D eigenvalue weighted by Crippen LogP contribution is -2.51. The Bertz CT molecular complexity index is 1140. The van der Waals surface area contributed by atoms with Gasteiger partial charge in [-0.05, 0) is 29.7 Å². The Kier molecular flexibility index (Phi) is 10.1. The number of esters is 1. The Morgan fingerprint density at radius 2 is 1.66 bits per heavy atom. The van der Waals surface area contributed by atoms with Crippen molar-refractivity contribution in [1.82, 2.24) is 15.1 Å². The van der Waals surface area contributed by atoms with Crippen molar-refractivity contribution in [2.75, 3.05) is 46.4 Å². The third-order valence-electron chi connectivity index (χ3n) is 6.87. The van der Waals surface area contributed by atoms with Crippen LogP contribution >= 0.6 is 12.4 Å². The molecule has 0 aliphatic carbocycles. The number of hydrogen-bond acceptors (Lipinski definition) is 7. The molecule has 2 aliphatic rings. The number of carbonyl (C=O) groups is 3. The molecule has 2 atom stereocenters. The van der Waals surface area contributed by atoms with Crippen LogP contribution in [0, 0.1) is 11.3 Å². The van der Waals surface area contributed by atoms with Gasteiger partial charge in [0, 0.05) is 31.7 Å². The average Bonchev–Trinajstić information content (AvgIpc) is 3.21. The van der Waals surface area contributed by atoms with Crippen LogP contribution < -0.4 is 15.8 Å². The minimum Gasteiger partial charge on any atom is -0.491 e. The monoisotopic (exact) mass is 543 g/mol. The summed E-state index contributed by atoms with van der Waals surface area (Å²) in [6.07, 6.45) is 0.407. The predicted molar refractivity (Wildman–Crippen MR) is 145 cm³/mol. The molecule has 0 bridgehead atoms. The summed E-state index contributed by atoms with van der Waals surface area (Å²) in [5.74, 6) is -0.623. The standard InChI is InChI=1S/C27H33N5O5.ClH/c1-36-25(34)15-21-14-22(32(27(21)35)16-24(33)31-12-10-30-11-13-31)17-37-23-8-6-19(7-9-23)18-2-4-20(5-3-18)26(28)29;/h2-9,21-22,30H,10-17H2,1H3,(H3,28,29);1H/t21-,22-;/m0./s1. The summed E-state index contributed by atoms with van der Waals surface area (Å²) in [4.78, 5) is 41.2. The van der Waals surface area contributed by atoms with Gasteiger partial charge >= 0.3 is 5.97 Å². The van der Waals surface area contributed by atoms with Gasteiger partial charge < -0.3 is 30.3 Å². The largest absolute Gasteiger partial charge is 0.491 e. The van der Waals surface area contributed by atoms with E-state index in [9.17, 15) is 14.4 Å². The van der Waals surface area contributed by atoms with Gasteiger partial charge in [-0.2, -0.15) is 0 Å². The Hall–Kier alpha value is -3.63. The van der Waals surface area contributed by atoms with Gasteiger partial charge in [0.25, 0.3) is 0 Å². The maximum atomic E-state index is 13.1. The molecule has 0 radical (unpaired) electrons. The van der Waals surface area contributed by atoms with E-state index in [1.54, 1.807) is 21.9 Å². The summed E-state index contributed by atoms with van der Waals surface area (Å²) in [5, 5.41) is 10.7. The Balaban J connectivity index is 0.00000400. The molecule has 2 aromatic carbocycles. The van der Waals surface area contributed by atoms with Gasteiger partial charge in [0.1, 0.15) is 24.7 Å². The molecule has 2 saturated heterocycles. The molecule has 0 saturated carbocycles. The van der Waals surface area contributed by atoms with E-state index < -0.39 is 11.9 Å². The second-order valence-corrected chi connectivity index (χ2v) is 9.29. The summed E-state index contributed by atoms with van der Waals surface area (Å²) in [6.45, 7) is 2.86. The number of piperazine rings is 1. The van der Waals surface area contributed by atoms with Crippen LogP contribution in [-0.2, 0) is 19.1 Å². The van der Waals surface area contributed by atoms with Crippen LogP contribution in [0.25, 0.3) is 11.1 Å². The number of benzene rings is 2. The maximum absolute atomic E-state index is 13.1. The lowest BCUT2D eigenvalue weighted by molar-refractivity contribution is -0.146.